The molecule has 0 aliphatic rings. The summed E-state index contributed by atoms with van der Waals surface area (Å²) in [5.41, 5.74) is 6.27. The van der Waals surface area contributed by atoms with Gasteiger partial charge in [-0.25, -0.2) is 10.4 Å². The van der Waals surface area contributed by atoms with Crippen LogP contribution in [0.25, 0.3) is 11.3 Å². The molecule has 32 heavy (non-hydrogen) atoms. The number of rotatable bonds is 8. The summed E-state index contributed by atoms with van der Waals surface area (Å²) in [6, 6.07) is 23.4. The number of hydrogen-bond donors (Lipinski definition) is 1. The summed E-state index contributed by atoms with van der Waals surface area (Å²) in [6.07, 6.45) is 3.25. The number of hydrogen-bond acceptors (Lipinski definition) is 7. The van der Waals surface area contributed by atoms with Crippen molar-refractivity contribution in [3.05, 3.63) is 94.6 Å². The van der Waals surface area contributed by atoms with E-state index in [0.717, 1.165) is 26.9 Å². The number of benzene rings is 3. The van der Waals surface area contributed by atoms with E-state index in [1.54, 1.807) is 19.5 Å². The smallest absolute Gasteiger partial charge is 0.263 e. The van der Waals surface area contributed by atoms with Gasteiger partial charge < -0.3 is 9.47 Å². The van der Waals surface area contributed by atoms with E-state index in [1.165, 1.54) is 0 Å². The first kappa shape index (κ1) is 21.5. The van der Waals surface area contributed by atoms with Crippen LogP contribution >= 0.6 is 15.9 Å². The highest BCUT2D eigenvalue weighted by Gasteiger charge is 2.08. The normalized spacial score (nSPS) is 10.8. The molecule has 8 heteroatoms. The van der Waals surface area contributed by atoms with Gasteiger partial charge in [-0.2, -0.15) is 10.2 Å². The average Bonchev–Trinajstić information content (AvgIpc) is 2.84. The molecule has 0 bridgehead atoms. The van der Waals surface area contributed by atoms with Gasteiger partial charge in [0.15, 0.2) is 0 Å². The Morgan fingerprint density at radius 2 is 1.81 bits per heavy atom. The average molecular weight is 490 g/mol. The molecule has 0 saturated heterocycles. The fourth-order valence-electron chi connectivity index (χ4n) is 2.95. The summed E-state index contributed by atoms with van der Waals surface area (Å²) in [5, 5.41) is 12.2. The van der Waals surface area contributed by atoms with Crippen LogP contribution in [0, 0.1) is 0 Å². The maximum atomic E-state index is 5.88. The number of ether oxygens (including phenoxy) is 2. The lowest BCUT2D eigenvalue weighted by Crippen LogP contribution is -2.01. The third kappa shape index (κ3) is 5.47. The van der Waals surface area contributed by atoms with Crippen molar-refractivity contribution in [2.45, 2.75) is 6.61 Å². The molecule has 4 aromatic rings. The van der Waals surface area contributed by atoms with E-state index in [2.05, 4.69) is 41.6 Å². The summed E-state index contributed by atoms with van der Waals surface area (Å²) in [5.74, 6) is 1.75. The second kappa shape index (κ2) is 10.5. The number of anilines is 1. The van der Waals surface area contributed by atoms with E-state index in [0.29, 0.717) is 18.1 Å². The zero-order chi connectivity index (χ0) is 22.2. The van der Waals surface area contributed by atoms with Crippen molar-refractivity contribution in [3.8, 4) is 22.8 Å². The first-order chi connectivity index (χ1) is 15.7. The van der Waals surface area contributed by atoms with Crippen LogP contribution in [0.2, 0.25) is 0 Å². The van der Waals surface area contributed by atoms with Gasteiger partial charge in [0.05, 0.1) is 29.7 Å². The Balaban J connectivity index is 1.40. The second-order valence-electron chi connectivity index (χ2n) is 6.70. The van der Waals surface area contributed by atoms with E-state index >= 15 is 0 Å². The molecule has 1 heterocycles. The molecule has 0 atom stereocenters. The molecule has 0 aliphatic heterocycles. The lowest BCUT2D eigenvalue weighted by atomic mass is 10.1. The fraction of sp³-hybridized carbons (Fsp3) is 0.0833. The molecule has 0 unspecified atom stereocenters. The van der Waals surface area contributed by atoms with Crippen LogP contribution in [0.4, 0.5) is 5.95 Å². The molecule has 0 aliphatic carbocycles. The number of hydrazone groups is 1. The van der Waals surface area contributed by atoms with Crippen molar-refractivity contribution in [2.75, 3.05) is 12.5 Å². The van der Waals surface area contributed by atoms with Crippen molar-refractivity contribution in [3.63, 3.8) is 0 Å². The highest BCUT2D eigenvalue weighted by Crippen LogP contribution is 2.28. The third-order valence-corrected chi connectivity index (χ3v) is 5.13. The number of nitrogens with zero attached hydrogens (tertiary/aromatic N) is 4. The third-order valence-electron chi connectivity index (χ3n) is 4.51. The van der Waals surface area contributed by atoms with E-state index in [-0.39, 0.29) is 5.95 Å². The lowest BCUT2D eigenvalue weighted by molar-refractivity contribution is 0.304. The van der Waals surface area contributed by atoms with Crippen molar-refractivity contribution in [1.29, 1.82) is 0 Å². The van der Waals surface area contributed by atoms with Gasteiger partial charge in [-0.3, -0.25) is 0 Å². The van der Waals surface area contributed by atoms with E-state index < -0.39 is 0 Å². The number of nitrogens with one attached hydrogen (secondary N) is 1. The lowest BCUT2D eigenvalue weighted by Gasteiger charge is -2.09. The fourth-order valence-corrected chi connectivity index (χ4v) is 3.46. The Bertz CT molecular complexity index is 1220. The molecule has 1 aromatic heterocycles. The molecule has 160 valence electrons. The number of halogens is 1. The highest BCUT2D eigenvalue weighted by molar-refractivity contribution is 9.10. The summed E-state index contributed by atoms with van der Waals surface area (Å²) < 4.78 is 12.1. The summed E-state index contributed by atoms with van der Waals surface area (Å²) in [6.45, 7) is 0.501. The predicted molar refractivity (Wildman–Crippen MR) is 128 cm³/mol. The van der Waals surface area contributed by atoms with Crippen molar-refractivity contribution in [1.82, 2.24) is 15.2 Å². The van der Waals surface area contributed by atoms with Gasteiger partial charge in [0.1, 0.15) is 18.1 Å². The number of methoxy groups -OCH3 is 1. The van der Waals surface area contributed by atoms with Gasteiger partial charge in [-0.05, 0) is 57.4 Å². The van der Waals surface area contributed by atoms with Crippen molar-refractivity contribution >= 4 is 28.1 Å². The minimum Gasteiger partial charge on any atom is -0.496 e. The van der Waals surface area contributed by atoms with Crippen LogP contribution in [0.5, 0.6) is 11.5 Å². The van der Waals surface area contributed by atoms with Gasteiger partial charge in [-0.1, -0.05) is 42.5 Å². The van der Waals surface area contributed by atoms with Gasteiger partial charge >= 0.3 is 0 Å². The topological polar surface area (TPSA) is 81.5 Å². The van der Waals surface area contributed by atoms with Gasteiger partial charge in [0.25, 0.3) is 5.95 Å². The largest absolute Gasteiger partial charge is 0.496 e. The molecule has 0 saturated carbocycles. The second-order valence-corrected chi connectivity index (χ2v) is 7.55. The summed E-state index contributed by atoms with van der Waals surface area (Å²) in [4.78, 5) is 4.46. The molecule has 0 radical (unpaired) electrons. The molecular formula is C24H20BrN5O2. The molecule has 0 spiro atoms. The standard InChI is InChI=1S/C24H20BrN5O2/c1-31-22-10-6-5-9-19(22)21-15-27-30-24(28-21)29-26-14-18-11-12-23(20(25)13-18)32-16-17-7-3-2-4-8-17/h2-15H,16H2,1H3,(H,28,29,30)/b26-14-. The number of aromatic nitrogens is 3. The molecule has 4 rings (SSSR count). The van der Waals surface area contributed by atoms with Crippen LogP contribution in [-0.4, -0.2) is 28.5 Å². The molecule has 1 N–H and O–H groups in total. The monoisotopic (exact) mass is 489 g/mol. The van der Waals surface area contributed by atoms with Gasteiger partial charge in [0, 0.05) is 5.56 Å². The molecular weight excluding hydrogens is 470 g/mol. The Labute approximate surface area is 194 Å². The maximum Gasteiger partial charge on any atom is 0.263 e. The molecule has 0 fully saturated rings. The zero-order valence-corrected chi connectivity index (χ0v) is 18.9. The Morgan fingerprint density at radius 3 is 2.62 bits per heavy atom. The SMILES string of the molecule is COc1ccccc1-c1cnnc(N/N=C\c2ccc(OCc3ccccc3)c(Br)c2)n1. The van der Waals surface area contributed by atoms with Crippen LogP contribution in [0.3, 0.4) is 0 Å². The van der Waals surface area contributed by atoms with Crippen LogP contribution in [-0.2, 0) is 6.61 Å². The molecule has 3 aromatic carbocycles. The van der Waals surface area contributed by atoms with Gasteiger partial charge in [-0.15, -0.1) is 5.10 Å². The van der Waals surface area contributed by atoms with Crippen LogP contribution in [0.15, 0.2) is 88.6 Å². The first-order valence-corrected chi connectivity index (χ1v) is 10.6. The van der Waals surface area contributed by atoms with Crippen molar-refractivity contribution < 1.29 is 9.47 Å². The van der Waals surface area contributed by atoms with Crippen LogP contribution < -0.4 is 14.9 Å². The van der Waals surface area contributed by atoms with E-state index in [9.17, 15) is 0 Å². The molecule has 7 nitrogen and oxygen atoms in total. The number of para-hydroxylation sites is 1. The highest BCUT2D eigenvalue weighted by atomic mass is 79.9. The molecule has 0 amide bonds. The van der Waals surface area contributed by atoms with E-state index in [4.69, 9.17) is 9.47 Å². The summed E-state index contributed by atoms with van der Waals surface area (Å²) >= 11 is 3.55. The zero-order valence-electron chi connectivity index (χ0n) is 17.3. The van der Waals surface area contributed by atoms with E-state index in [1.807, 2.05) is 72.8 Å². The maximum absolute atomic E-state index is 5.88. The quantitative estimate of drug-likeness (QED) is 0.266. The Morgan fingerprint density at radius 1 is 1.00 bits per heavy atom. The summed E-state index contributed by atoms with van der Waals surface area (Å²) in [7, 11) is 1.62. The minimum absolute atomic E-state index is 0.284. The van der Waals surface area contributed by atoms with Gasteiger partial charge in [0.2, 0.25) is 0 Å². The van der Waals surface area contributed by atoms with Crippen molar-refractivity contribution in [2.24, 2.45) is 5.10 Å². The minimum atomic E-state index is 0.284. The Kier molecular flexibility index (Phi) is 7.04. The van der Waals surface area contributed by atoms with Crippen LogP contribution in [0.1, 0.15) is 11.1 Å². The Hall–Kier alpha value is -3.78. The first-order valence-electron chi connectivity index (χ1n) is 9.81. The predicted octanol–water partition coefficient (Wildman–Crippen LogP) is 5.33.